The molecule has 0 radical (unpaired) electrons. The molecule has 18 heavy (non-hydrogen) atoms. The second kappa shape index (κ2) is 5.45. The molecule has 4 nitrogen and oxygen atoms in total. The molecule has 3 unspecified atom stereocenters. The molecule has 0 aromatic carbocycles. The lowest BCUT2D eigenvalue weighted by Crippen LogP contribution is -2.44. The van der Waals surface area contributed by atoms with Crippen LogP contribution in [0.3, 0.4) is 0 Å². The summed E-state index contributed by atoms with van der Waals surface area (Å²) in [5, 5.41) is 10.1. The normalized spacial score (nSPS) is 33.2. The summed E-state index contributed by atoms with van der Waals surface area (Å²) < 4.78 is 5.62. The lowest BCUT2D eigenvalue weighted by atomic mass is 10.2. The highest BCUT2D eigenvalue weighted by Gasteiger charge is 2.36. The molecule has 2 heterocycles. The van der Waals surface area contributed by atoms with Crippen molar-refractivity contribution in [2.75, 3.05) is 19.6 Å². The molecule has 0 amide bonds. The van der Waals surface area contributed by atoms with Crippen molar-refractivity contribution in [2.24, 2.45) is 0 Å². The maximum atomic E-state index is 10.1. The van der Waals surface area contributed by atoms with Crippen molar-refractivity contribution < 1.29 is 9.84 Å². The van der Waals surface area contributed by atoms with Crippen LogP contribution in [0.4, 0.5) is 0 Å². The van der Waals surface area contributed by atoms with E-state index in [1.54, 1.807) is 0 Å². The summed E-state index contributed by atoms with van der Waals surface area (Å²) >= 11 is 0. The number of rotatable bonds is 3. The molecule has 0 saturated carbocycles. The maximum absolute atomic E-state index is 10.1. The van der Waals surface area contributed by atoms with E-state index in [2.05, 4.69) is 16.7 Å². The Kier molecular flexibility index (Phi) is 4.32. The van der Waals surface area contributed by atoms with Crippen LogP contribution < -0.4 is 0 Å². The van der Waals surface area contributed by atoms with Crippen LogP contribution in [0.1, 0.15) is 47.0 Å². The lowest BCUT2D eigenvalue weighted by Gasteiger charge is -2.31. The summed E-state index contributed by atoms with van der Waals surface area (Å²) in [5.74, 6) is 0. The highest BCUT2D eigenvalue weighted by molar-refractivity contribution is 4.88. The van der Waals surface area contributed by atoms with Crippen LogP contribution in [0.5, 0.6) is 0 Å². The lowest BCUT2D eigenvalue weighted by molar-refractivity contribution is -0.234. The predicted molar refractivity (Wildman–Crippen MR) is 72.2 cm³/mol. The molecule has 2 saturated heterocycles. The third-order valence-corrected chi connectivity index (χ3v) is 4.04. The summed E-state index contributed by atoms with van der Waals surface area (Å²) in [6.45, 7) is 11.3. The van der Waals surface area contributed by atoms with Gasteiger partial charge in [-0.1, -0.05) is 0 Å². The Morgan fingerprint density at radius 2 is 1.94 bits per heavy atom. The number of hydrogen-bond donors (Lipinski definition) is 1. The minimum absolute atomic E-state index is 0.293. The molecule has 3 atom stereocenters. The Labute approximate surface area is 111 Å². The van der Waals surface area contributed by atoms with Crippen LogP contribution in [0.25, 0.3) is 0 Å². The van der Waals surface area contributed by atoms with Gasteiger partial charge in [-0.3, -0.25) is 9.80 Å². The number of likely N-dealkylation sites (tertiary alicyclic amines) is 2. The average molecular weight is 256 g/mol. The molecule has 2 aliphatic rings. The standard InChI is InChI=1S/C14H28N2O2/c1-11-6-5-8-16(11)12-7-9-15(10-12)13(17)18-14(2,3)4/h11-13,17H,5-10H2,1-4H3. The molecule has 2 aliphatic heterocycles. The van der Waals surface area contributed by atoms with Gasteiger partial charge in [-0.15, -0.1) is 0 Å². The fourth-order valence-corrected chi connectivity index (χ4v) is 3.13. The van der Waals surface area contributed by atoms with Crippen molar-refractivity contribution in [2.45, 2.75) is 71.1 Å². The fraction of sp³-hybridized carbons (Fsp3) is 1.00. The minimum Gasteiger partial charge on any atom is -0.356 e. The first-order chi connectivity index (χ1) is 8.37. The first-order valence-corrected chi connectivity index (χ1v) is 7.22. The van der Waals surface area contributed by atoms with Gasteiger partial charge in [0, 0.05) is 25.2 Å². The number of ether oxygens (including phenoxy) is 1. The van der Waals surface area contributed by atoms with Gasteiger partial charge in [-0.2, -0.15) is 0 Å². The maximum Gasteiger partial charge on any atom is 0.216 e. The second-order valence-corrected chi connectivity index (χ2v) is 6.72. The van der Waals surface area contributed by atoms with Crippen molar-refractivity contribution in [1.82, 2.24) is 9.80 Å². The van der Waals surface area contributed by atoms with E-state index >= 15 is 0 Å². The van der Waals surface area contributed by atoms with Crippen LogP contribution in [0, 0.1) is 0 Å². The van der Waals surface area contributed by atoms with Crippen molar-refractivity contribution in [1.29, 1.82) is 0 Å². The van der Waals surface area contributed by atoms with E-state index in [1.165, 1.54) is 19.4 Å². The van der Waals surface area contributed by atoms with Crippen LogP contribution in [0.2, 0.25) is 0 Å². The van der Waals surface area contributed by atoms with Crippen LogP contribution in [-0.2, 0) is 4.74 Å². The smallest absolute Gasteiger partial charge is 0.216 e. The van der Waals surface area contributed by atoms with Gasteiger partial charge in [0.1, 0.15) is 0 Å². The average Bonchev–Trinajstić information content (AvgIpc) is 2.82. The first kappa shape index (κ1) is 14.3. The number of aliphatic hydroxyl groups excluding tert-OH is 1. The van der Waals surface area contributed by atoms with Gasteiger partial charge in [-0.05, 0) is 53.5 Å². The summed E-state index contributed by atoms with van der Waals surface area (Å²) in [4.78, 5) is 4.66. The van der Waals surface area contributed by atoms with Gasteiger partial charge >= 0.3 is 0 Å². The molecule has 0 aliphatic carbocycles. The predicted octanol–water partition coefficient (Wildman–Crippen LogP) is 1.64. The van der Waals surface area contributed by atoms with Crippen molar-refractivity contribution in [3.63, 3.8) is 0 Å². The topological polar surface area (TPSA) is 35.9 Å². The summed E-state index contributed by atoms with van der Waals surface area (Å²) in [7, 11) is 0. The molecule has 2 fully saturated rings. The van der Waals surface area contributed by atoms with E-state index in [4.69, 9.17) is 4.74 Å². The number of aliphatic hydroxyl groups is 1. The van der Waals surface area contributed by atoms with E-state index in [9.17, 15) is 5.11 Å². The molecular formula is C14H28N2O2. The highest BCUT2D eigenvalue weighted by Crippen LogP contribution is 2.26. The first-order valence-electron chi connectivity index (χ1n) is 7.22. The molecule has 0 spiro atoms. The Hall–Kier alpha value is -0.160. The zero-order valence-corrected chi connectivity index (χ0v) is 12.2. The molecule has 0 aromatic heterocycles. The van der Waals surface area contributed by atoms with E-state index in [0.29, 0.717) is 12.1 Å². The number of hydrogen-bond acceptors (Lipinski definition) is 4. The van der Waals surface area contributed by atoms with E-state index in [1.807, 2.05) is 20.8 Å². The van der Waals surface area contributed by atoms with Gasteiger partial charge < -0.3 is 9.84 Å². The Morgan fingerprint density at radius 3 is 2.50 bits per heavy atom. The molecule has 0 aromatic rings. The Bertz CT molecular complexity index is 277. The third-order valence-electron chi connectivity index (χ3n) is 4.04. The zero-order chi connectivity index (χ0) is 13.3. The Morgan fingerprint density at radius 1 is 1.22 bits per heavy atom. The highest BCUT2D eigenvalue weighted by atomic mass is 16.6. The molecule has 2 rings (SSSR count). The molecule has 4 heteroatoms. The largest absolute Gasteiger partial charge is 0.356 e. The third kappa shape index (κ3) is 3.44. The van der Waals surface area contributed by atoms with Gasteiger partial charge in [0.25, 0.3) is 0 Å². The van der Waals surface area contributed by atoms with Gasteiger partial charge in [0.15, 0.2) is 0 Å². The quantitative estimate of drug-likeness (QED) is 0.779. The van der Waals surface area contributed by atoms with Gasteiger partial charge in [0.05, 0.1) is 5.60 Å². The van der Waals surface area contributed by atoms with Gasteiger partial charge in [-0.25, -0.2) is 0 Å². The van der Waals surface area contributed by atoms with Crippen molar-refractivity contribution in [3.05, 3.63) is 0 Å². The van der Waals surface area contributed by atoms with Crippen molar-refractivity contribution in [3.8, 4) is 0 Å². The SMILES string of the molecule is CC1CCCN1C1CCN(C(O)OC(C)(C)C)C1. The van der Waals surface area contributed by atoms with E-state index < -0.39 is 6.41 Å². The summed E-state index contributed by atoms with van der Waals surface area (Å²) in [6, 6.07) is 1.30. The van der Waals surface area contributed by atoms with Crippen molar-refractivity contribution >= 4 is 0 Å². The molecule has 106 valence electrons. The minimum atomic E-state index is -0.757. The molecule has 0 bridgehead atoms. The van der Waals surface area contributed by atoms with Crippen LogP contribution in [0.15, 0.2) is 0 Å². The van der Waals surface area contributed by atoms with Gasteiger partial charge in [0.2, 0.25) is 6.41 Å². The Balaban J connectivity index is 1.84. The summed E-state index contributed by atoms with van der Waals surface area (Å²) in [6.07, 6.45) is 3.03. The zero-order valence-electron chi connectivity index (χ0n) is 12.2. The monoisotopic (exact) mass is 256 g/mol. The fourth-order valence-electron chi connectivity index (χ4n) is 3.13. The number of nitrogens with zero attached hydrogens (tertiary/aromatic N) is 2. The summed E-state index contributed by atoms with van der Waals surface area (Å²) in [5.41, 5.74) is -0.293. The molecular weight excluding hydrogens is 228 g/mol. The molecule has 1 N–H and O–H groups in total. The van der Waals surface area contributed by atoms with E-state index in [-0.39, 0.29) is 5.60 Å². The van der Waals surface area contributed by atoms with E-state index in [0.717, 1.165) is 19.5 Å². The van der Waals surface area contributed by atoms with Crippen LogP contribution >= 0.6 is 0 Å². The second-order valence-electron chi connectivity index (χ2n) is 6.72. The van der Waals surface area contributed by atoms with Crippen LogP contribution in [-0.4, -0.2) is 58.6 Å².